The first-order valence-corrected chi connectivity index (χ1v) is 6.28. The predicted octanol–water partition coefficient (Wildman–Crippen LogP) is 1.12. The minimum atomic E-state index is -0.197. The van der Waals surface area contributed by atoms with Crippen molar-refractivity contribution in [3.8, 4) is 5.75 Å². The number of aryl methyl sites for hydroxylation is 1. The SMILES string of the molecule is CCc1ccc(OC)c(C(=O)NCCNC(C)=O)c1. The lowest BCUT2D eigenvalue weighted by molar-refractivity contribution is -0.118. The van der Waals surface area contributed by atoms with Crippen LogP contribution in [0, 0.1) is 0 Å². The van der Waals surface area contributed by atoms with Crippen molar-refractivity contribution in [3.05, 3.63) is 29.3 Å². The minimum Gasteiger partial charge on any atom is -0.496 e. The van der Waals surface area contributed by atoms with Crippen LogP contribution in [0.15, 0.2) is 18.2 Å². The van der Waals surface area contributed by atoms with Crippen molar-refractivity contribution < 1.29 is 14.3 Å². The number of hydrogen-bond acceptors (Lipinski definition) is 3. The van der Waals surface area contributed by atoms with Crippen LogP contribution >= 0.6 is 0 Å². The Morgan fingerprint density at radius 1 is 1.21 bits per heavy atom. The highest BCUT2D eigenvalue weighted by Gasteiger charge is 2.12. The first kappa shape index (κ1) is 15.0. The molecule has 5 heteroatoms. The van der Waals surface area contributed by atoms with E-state index < -0.39 is 0 Å². The molecular weight excluding hydrogens is 244 g/mol. The standard InChI is InChI=1S/C14H20N2O3/c1-4-11-5-6-13(19-3)12(9-11)14(18)16-8-7-15-10(2)17/h5-6,9H,4,7-8H2,1-3H3,(H,15,17)(H,16,18). The summed E-state index contributed by atoms with van der Waals surface area (Å²) in [7, 11) is 1.54. The smallest absolute Gasteiger partial charge is 0.255 e. The maximum atomic E-state index is 12.0. The van der Waals surface area contributed by atoms with Gasteiger partial charge in [-0.25, -0.2) is 0 Å². The molecule has 1 aromatic rings. The maximum Gasteiger partial charge on any atom is 0.255 e. The second-order valence-electron chi connectivity index (χ2n) is 4.13. The number of nitrogens with one attached hydrogen (secondary N) is 2. The highest BCUT2D eigenvalue weighted by molar-refractivity contribution is 5.97. The zero-order valence-electron chi connectivity index (χ0n) is 11.6. The molecule has 0 saturated carbocycles. The van der Waals surface area contributed by atoms with Crippen molar-refractivity contribution in [2.24, 2.45) is 0 Å². The van der Waals surface area contributed by atoms with Gasteiger partial charge in [0.1, 0.15) is 5.75 Å². The lowest BCUT2D eigenvalue weighted by Crippen LogP contribution is -2.33. The highest BCUT2D eigenvalue weighted by atomic mass is 16.5. The van der Waals surface area contributed by atoms with E-state index in [2.05, 4.69) is 10.6 Å². The van der Waals surface area contributed by atoms with Crippen molar-refractivity contribution in [3.63, 3.8) is 0 Å². The Morgan fingerprint density at radius 3 is 2.47 bits per heavy atom. The Morgan fingerprint density at radius 2 is 1.89 bits per heavy atom. The van der Waals surface area contributed by atoms with Gasteiger partial charge in [-0.15, -0.1) is 0 Å². The number of rotatable bonds is 6. The quantitative estimate of drug-likeness (QED) is 0.757. The molecular formula is C14H20N2O3. The topological polar surface area (TPSA) is 67.4 Å². The second-order valence-corrected chi connectivity index (χ2v) is 4.13. The second kappa shape index (κ2) is 7.41. The van der Waals surface area contributed by atoms with E-state index in [1.54, 1.807) is 6.07 Å². The van der Waals surface area contributed by atoms with Gasteiger partial charge in [-0.05, 0) is 24.1 Å². The molecule has 2 N–H and O–H groups in total. The average Bonchev–Trinajstić information content (AvgIpc) is 2.42. The van der Waals surface area contributed by atoms with Crippen LogP contribution in [-0.2, 0) is 11.2 Å². The van der Waals surface area contributed by atoms with Gasteiger partial charge in [0.2, 0.25) is 5.91 Å². The molecule has 1 rings (SSSR count). The number of methoxy groups -OCH3 is 1. The van der Waals surface area contributed by atoms with E-state index in [0.717, 1.165) is 12.0 Å². The summed E-state index contributed by atoms with van der Waals surface area (Å²) in [5.41, 5.74) is 1.59. The third-order valence-corrected chi connectivity index (χ3v) is 2.70. The van der Waals surface area contributed by atoms with Crippen LogP contribution in [0.25, 0.3) is 0 Å². The van der Waals surface area contributed by atoms with E-state index in [1.165, 1.54) is 14.0 Å². The fourth-order valence-electron chi connectivity index (χ4n) is 1.66. The highest BCUT2D eigenvalue weighted by Crippen LogP contribution is 2.20. The Bertz CT molecular complexity index is 458. The number of ether oxygens (including phenoxy) is 1. The lowest BCUT2D eigenvalue weighted by atomic mass is 10.1. The summed E-state index contributed by atoms with van der Waals surface area (Å²) in [5, 5.41) is 5.37. The molecule has 0 atom stereocenters. The average molecular weight is 264 g/mol. The number of hydrogen-bond donors (Lipinski definition) is 2. The van der Waals surface area contributed by atoms with Gasteiger partial charge in [0, 0.05) is 20.0 Å². The molecule has 0 aliphatic carbocycles. The van der Waals surface area contributed by atoms with Crippen LogP contribution in [0.4, 0.5) is 0 Å². The molecule has 0 unspecified atom stereocenters. The third kappa shape index (κ3) is 4.62. The number of carbonyl (C=O) groups is 2. The van der Waals surface area contributed by atoms with Crippen molar-refractivity contribution in [2.45, 2.75) is 20.3 Å². The van der Waals surface area contributed by atoms with Crippen LogP contribution in [0.3, 0.4) is 0 Å². The molecule has 2 amide bonds. The van der Waals surface area contributed by atoms with Crippen LogP contribution in [0.2, 0.25) is 0 Å². The van der Waals surface area contributed by atoms with Crippen LogP contribution in [0.5, 0.6) is 5.75 Å². The Kier molecular flexibility index (Phi) is 5.85. The molecule has 1 aromatic carbocycles. The molecule has 0 aliphatic rings. The lowest BCUT2D eigenvalue weighted by Gasteiger charge is -2.11. The largest absolute Gasteiger partial charge is 0.496 e. The Hall–Kier alpha value is -2.04. The van der Waals surface area contributed by atoms with Gasteiger partial charge >= 0.3 is 0 Å². The molecule has 104 valence electrons. The van der Waals surface area contributed by atoms with Gasteiger partial charge in [0.15, 0.2) is 0 Å². The molecule has 5 nitrogen and oxygen atoms in total. The Labute approximate surface area is 113 Å². The molecule has 0 fully saturated rings. The normalized spacial score (nSPS) is 9.84. The van der Waals surface area contributed by atoms with E-state index in [-0.39, 0.29) is 11.8 Å². The van der Waals surface area contributed by atoms with Crippen LogP contribution in [-0.4, -0.2) is 32.0 Å². The molecule has 0 radical (unpaired) electrons. The summed E-state index contributed by atoms with van der Waals surface area (Å²) < 4.78 is 5.18. The van der Waals surface area contributed by atoms with Crippen molar-refractivity contribution >= 4 is 11.8 Å². The zero-order valence-corrected chi connectivity index (χ0v) is 11.6. The summed E-state index contributed by atoms with van der Waals surface area (Å²) in [6.45, 7) is 4.27. The van der Waals surface area contributed by atoms with E-state index >= 15 is 0 Å². The Balaban J connectivity index is 2.66. The van der Waals surface area contributed by atoms with E-state index in [4.69, 9.17) is 4.74 Å². The summed E-state index contributed by atoms with van der Waals surface area (Å²) >= 11 is 0. The van der Waals surface area contributed by atoms with E-state index in [9.17, 15) is 9.59 Å². The van der Waals surface area contributed by atoms with Crippen LogP contribution < -0.4 is 15.4 Å². The third-order valence-electron chi connectivity index (χ3n) is 2.70. The fourth-order valence-corrected chi connectivity index (χ4v) is 1.66. The number of benzene rings is 1. The van der Waals surface area contributed by atoms with E-state index in [1.807, 2.05) is 19.1 Å². The van der Waals surface area contributed by atoms with E-state index in [0.29, 0.717) is 24.4 Å². The molecule has 0 heterocycles. The first-order valence-electron chi connectivity index (χ1n) is 6.28. The molecule has 0 aliphatic heterocycles. The molecule has 0 aromatic heterocycles. The predicted molar refractivity (Wildman–Crippen MR) is 73.4 cm³/mol. The van der Waals surface area contributed by atoms with Gasteiger partial charge in [-0.1, -0.05) is 13.0 Å². The van der Waals surface area contributed by atoms with Gasteiger partial charge in [-0.2, -0.15) is 0 Å². The monoisotopic (exact) mass is 264 g/mol. The van der Waals surface area contributed by atoms with Gasteiger partial charge < -0.3 is 15.4 Å². The zero-order chi connectivity index (χ0) is 14.3. The summed E-state index contributed by atoms with van der Waals surface area (Å²) in [5.74, 6) is 0.242. The van der Waals surface area contributed by atoms with Crippen molar-refractivity contribution in [1.82, 2.24) is 10.6 Å². The van der Waals surface area contributed by atoms with Gasteiger partial charge in [-0.3, -0.25) is 9.59 Å². The summed E-state index contributed by atoms with van der Waals surface area (Å²) in [6.07, 6.45) is 0.857. The fraction of sp³-hybridized carbons (Fsp3) is 0.429. The van der Waals surface area contributed by atoms with Crippen molar-refractivity contribution in [2.75, 3.05) is 20.2 Å². The summed E-state index contributed by atoms with van der Waals surface area (Å²) in [4.78, 5) is 22.7. The molecule has 19 heavy (non-hydrogen) atoms. The molecule has 0 bridgehead atoms. The molecule has 0 saturated heterocycles. The van der Waals surface area contributed by atoms with Crippen molar-refractivity contribution in [1.29, 1.82) is 0 Å². The minimum absolute atomic E-state index is 0.111. The summed E-state index contributed by atoms with van der Waals surface area (Å²) in [6, 6.07) is 5.56. The maximum absolute atomic E-state index is 12.0. The van der Waals surface area contributed by atoms with Gasteiger partial charge in [0.25, 0.3) is 5.91 Å². The first-order chi connectivity index (χ1) is 9.08. The van der Waals surface area contributed by atoms with Gasteiger partial charge in [0.05, 0.1) is 12.7 Å². The number of amides is 2. The molecule has 0 spiro atoms. The van der Waals surface area contributed by atoms with Crippen LogP contribution in [0.1, 0.15) is 29.8 Å². The number of carbonyl (C=O) groups excluding carboxylic acids is 2.